The van der Waals surface area contributed by atoms with Crippen molar-refractivity contribution < 1.29 is 0 Å². The first-order chi connectivity index (χ1) is 9.02. The third-order valence-electron chi connectivity index (χ3n) is 4.04. The van der Waals surface area contributed by atoms with Crippen LogP contribution >= 0.6 is 11.3 Å². The zero-order valence-electron chi connectivity index (χ0n) is 12.8. The monoisotopic (exact) mass is 280 g/mol. The molecule has 0 amide bonds. The molecule has 108 valence electrons. The van der Waals surface area contributed by atoms with Gasteiger partial charge in [0.1, 0.15) is 0 Å². The molecule has 2 rings (SSSR count). The van der Waals surface area contributed by atoms with E-state index in [1.54, 1.807) is 0 Å². The molecule has 1 fully saturated rings. The molecule has 1 heterocycles. The summed E-state index contributed by atoms with van der Waals surface area (Å²) >= 11 is 1.90. The molecule has 0 aliphatic heterocycles. The Bertz CT molecular complexity index is 407. The SMILES string of the molecule is Cc1cc(C(CN)N(CCC(C)C)C2CC2)c(C)s1. The van der Waals surface area contributed by atoms with Crippen molar-refractivity contribution in [1.29, 1.82) is 0 Å². The van der Waals surface area contributed by atoms with E-state index in [2.05, 4.69) is 38.7 Å². The molecule has 1 aromatic heterocycles. The largest absolute Gasteiger partial charge is 0.329 e. The maximum Gasteiger partial charge on any atom is 0.0484 e. The van der Waals surface area contributed by atoms with Crippen molar-refractivity contribution in [3.05, 3.63) is 21.4 Å². The van der Waals surface area contributed by atoms with E-state index >= 15 is 0 Å². The highest BCUT2D eigenvalue weighted by Crippen LogP contribution is 2.37. The maximum atomic E-state index is 6.12. The van der Waals surface area contributed by atoms with Crippen molar-refractivity contribution in [2.45, 2.75) is 59.0 Å². The van der Waals surface area contributed by atoms with Gasteiger partial charge < -0.3 is 5.73 Å². The first-order valence-electron chi connectivity index (χ1n) is 7.55. The van der Waals surface area contributed by atoms with E-state index in [9.17, 15) is 0 Å². The average Bonchev–Trinajstić information content (AvgIpc) is 3.11. The highest BCUT2D eigenvalue weighted by molar-refractivity contribution is 7.12. The summed E-state index contributed by atoms with van der Waals surface area (Å²) < 4.78 is 0. The Balaban J connectivity index is 2.14. The van der Waals surface area contributed by atoms with E-state index in [0.717, 1.165) is 18.5 Å². The summed E-state index contributed by atoms with van der Waals surface area (Å²) in [5, 5.41) is 0. The average molecular weight is 280 g/mol. The molecular formula is C16H28N2S. The molecule has 1 aliphatic carbocycles. The Morgan fingerprint density at radius 3 is 2.47 bits per heavy atom. The lowest BCUT2D eigenvalue weighted by Crippen LogP contribution is -2.36. The van der Waals surface area contributed by atoms with Crippen LogP contribution in [0.25, 0.3) is 0 Å². The van der Waals surface area contributed by atoms with Gasteiger partial charge in [-0.2, -0.15) is 0 Å². The minimum atomic E-state index is 0.427. The van der Waals surface area contributed by atoms with Gasteiger partial charge >= 0.3 is 0 Å². The summed E-state index contributed by atoms with van der Waals surface area (Å²) in [5.74, 6) is 0.769. The molecule has 1 aromatic rings. The second-order valence-corrected chi connectivity index (χ2v) is 7.73. The summed E-state index contributed by atoms with van der Waals surface area (Å²) in [6.45, 7) is 11.0. The molecular weight excluding hydrogens is 252 g/mol. The fourth-order valence-corrected chi connectivity index (χ4v) is 3.81. The lowest BCUT2D eigenvalue weighted by atomic mass is 10.0. The van der Waals surface area contributed by atoms with Gasteiger partial charge in [-0.25, -0.2) is 0 Å². The van der Waals surface area contributed by atoms with Crippen LogP contribution in [0.1, 0.15) is 54.5 Å². The number of rotatable bonds is 7. The molecule has 1 aliphatic rings. The number of hydrogen-bond donors (Lipinski definition) is 1. The molecule has 0 radical (unpaired) electrons. The number of aryl methyl sites for hydroxylation is 2. The summed E-state index contributed by atoms with van der Waals surface area (Å²) in [4.78, 5) is 5.53. The number of thiophene rings is 1. The fraction of sp³-hybridized carbons (Fsp3) is 0.750. The van der Waals surface area contributed by atoms with E-state index in [1.165, 1.54) is 41.1 Å². The van der Waals surface area contributed by atoms with Gasteiger partial charge in [0.15, 0.2) is 0 Å². The van der Waals surface area contributed by atoms with Gasteiger partial charge in [0, 0.05) is 28.4 Å². The molecule has 0 aromatic carbocycles. The van der Waals surface area contributed by atoms with Crippen LogP contribution < -0.4 is 5.73 Å². The van der Waals surface area contributed by atoms with Crippen LogP contribution in [0.4, 0.5) is 0 Å². The van der Waals surface area contributed by atoms with Gasteiger partial charge in [0.25, 0.3) is 0 Å². The summed E-state index contributed by atoms with van der Waals surface area (Å²) in [6, 6.07) is 3.56. The van der Waals surface area contributed by atoms with Crippen molar-refractivity contribution in [2.75, 3.05) is 13.1 Å². The van der Waals surface area contributed by atoms with Crippen LogP contribution in [0.3, 0.4) is 0 Å². The molecule has 0 spiro atoms. The van der Waals surface area contributed by atoms with Crippen LogP contribution in [-0.2, 0) is 0 Å². The second-order valence-electron chi connectivity index (χ2n) is 6.27. The highest BCUT2D eigenvalue weighted by Gasteiger charge is 2.34. The topological polar surface area (TPSA) is 29.3 Å². The van der Waals surface area contributed by atoms with Gasteiger partial charge in [0.2, 0.25) is 0 Å². The molecule has 2 N–H and O–H groups in total. The molecule has 0 bridgehead atoms. The minimum Gasteiger partial charge on any atom is -0.329 e. The van der Waals surface area contributed by atoms with E-state index in [1.807, 2.05) is 11.3 Å². The number of nitrogens with zero attached hydrogens (tertiary/aromatic N) is 1. The van der Waals surface area contributed by atoms with Crippen LogP contribution in [0, 0.1) is 19.8 Å². The van der Waals surface area contributed by atoms with Crippen LogP contribution in [0.15, 0.2) is 6.07 Å². The van der Waals surface area contributed by atoms with Crippen molar-refractivity contribution in [2.24, 2.45) is 11.7 Å². The molecule has 19 heavy (non-hydrogen) atoms. The summed E-state index contributed by atoms with van der Waals surface area (Å²) in [6.07, 6.45) is 3.99. The molecule has 1 atom stereocenters. The molecule has 0 saturated heterocycles. The van der Waals surface area contributed by atoms with Crippen LogP contribution in [0.2, 0.25) is 0 Å². The van der Waals surface area contributed by atoms with Crippen molar-refractivity contribution in [3.63, 3.8) is 0 Å². The molecule has 3 heteroatoms. The van der Waals surface area contributed by atoms with Crippen molar-refractivity contribution in [3.8, 4) is 0 Å². The second kappa shape index (κ2) is 6.38. The van der Waals surface area contributed by atoms with Crippen LogP contribution in [0.5, 0.6) is 0 Å². The third-order valence-corrected chi connectivity index (χ3v) is 5.02. The van der Waals surface area contributed by atoms with Gasteiger partial charge in [-0.1, -0.05) is 13.8 Å². The smallest absolute Gasteiger partial charge is 0.0484 e. The van der Waals surface area contributed by atoms with Crippen molar-refractivity contribution >= 4 is 11.3 Å². The van der Waals surface area contributed by atoms with E-state index < -0.39 is 0 Å². The van der Waals surface area contributed by atoms with Gasteiger partial charge in [-0.15, -0.1) is 11.3 Å². The Morgan fingerprint density at radius 2 is 2.05 bits per heavy atom. The Kier molecular flexibility index (Phi) is 5.04. The van der Waals surface area contributed by atoms with E-state index in [4.69, 9.17) is 5.73 Å². The number of nitrogens with two attached hydrogens (primary N) is 1. The minimum absolute atomic E-state index is 0.427. The van der Waals surface area contributed by atoms with E-state index in [0.29, 0.717) is 6.04 Å². The summed E-state index contributed by atoms with van der Waals surface area (Å²) in [5.41, 5.74) is 7.59. The van der Waals surface area contributed by atoms with Crippen molar-refractivity contribution in [1.82, 2.24) is 4.90 Å². The van der Waals surface area contributed by atoms with Gasteiger partial charge in [0.05, 0.1) is 0 Å². The highest BCUT2D eigenvalue weighted by atomic mass is 32.1. The van der Waals surface area contributed by atoms with Gasteiger partial charge in [-0.05, 0) is 57.2 Å². The molecule has 1 unspecified atom stereocenters. The Hall–Kier alpha value is -0.380. The molecule has 2 nitrogen and oxygen atoms in total. The quantitative estimate of drug-likeness (QED) is 0.821. The predicted molar refractivity (Wildman–Crippen MR) is 84.8 cm³/mol. The zero-order chi connectivity index (χ0) is 14.0. The zero-order valence-corrected chi connectivity index (χ0v) is 13.6. The maximum absolute atomic E-state index is 6.12. The van der Waals surface area contributed by atoms with E-state index in [-0.39, 0.29) is 0 Å². The Labute approximate surface area is 122 Å². The lowest BCUT2D eigenvalue weighted by molar-refractivity contribution is 0.180. The lowest BCUT2D eigenvalue weighted by Gasteiger charge is -2.32. The van der Waals surface area contributed by atoms with Crippen LogP contribution in [-0.4, -0.2) is 24.0 Å². The third kappa shape index (κ3) is 3.80. The summed E-state index contributed by atoms with van der Waals surface area (Å²) in [7, 11) is 0. The standard InChI is InChI=1S/C16H28N2S/c1-11(2)7-8-18(14-5-6-14)16(10-17)15-9-12(3)19-13(15)4/h9,11,14,16H,5-8,10,17H2,1-4H3. The first kappa shape index (κ1) is 15.0. The van der Waals surface area contributed by atoms with Gasteiger partial charge in [-0.3, -0.25) is 4.90 Å². The fourth-order valence-electron chi connectivity index (χ4n) is 2.83. The number of hydrogen-bond acceptors (Lipinski definition) is 3. The predicted octanol–water partition coefficient (Wildman–Crippen LogP) is 3.88. The normalized spacial score (nSPS) is 17.4. The molecule has 1 saturated carbocycles. The first-order valence-corrected chi connectivity index (χ1v) is 8.37. The Morgan fingerprint density at radius 1 is 1.37 bits per heavy atom.